The fraction of sp³-hybridized carbons (Fsp3) is 0.769. The van der Waals surface area contributed by atoms with Gasteiger partial charge in [0.15, 0.2) is 0 Å². The highest BCUT2D eigenvalue weighted by atomic mass is 16.4. The summed E-state index contributed by atoms with van der Waals surface area (Å²) in [4.78, 5) is 35.8. The van der Waals surface area contributed by atoms with E-state index in [0.29, 0.717) is 0 Å². The molecule has 0 spiro atoms. The summed E-state index contributed by atoms with van der Waals surface area (Å²) in [5, 5.41) is 11.5. The van der Waals surface area contributed by atoms with E-state index in [1.165, 1.54) is 11.8 Å². The maximum atomic E-state index is 12.5. The molecule has 0 aliphatic carbocycles. The molecule has 2 amide bonds. The number of nitrogens with zero attached hydrogens (tertiary/aromatic N) is 1. The van der Waals surface area contributed by atoms with Gasteiger partial charge >= 0.3 is 5.97 Å². The quantitative estimate of drug-likeness (QED) is 0.777. The van der Waals surface area contributed by atoms with Crippen molar-refractivity contribution in [3.63, 3.8) is 0 Å². The summed E-state index contributed by atoms with van der Waals surface area (Å²) in [5.74, 6) is -1.88. The number of rotatable bonds is 5. The minimum Gasteiger partial charge on any atom is -0.480 e. The number of hydrogen-bond donors (Lipinski definition) is 2. The van der Waals surface area contributed by atoms with Crippen molar-refractivity contribution in [1.82, 2.24) is 10.2 Å². The van der Waals surface area contributed by atoms with Crippen molar-refractivity contribution in [2.45, 2.75) is 53.1 Å². The Labute approximate surface area is 114 Å². The van der Waals surface area contributed by atoms with Crippen LogP contribution in [0.4, 0.5) is 0 Å². The molecule has 2 N–H and O–H groups in total. The van der Waals surface area contributed by atoms with Gasteiger partial charge < -0.3 is 15.3 Å². The molecule has 0 aromatic heterocycles. The highest BCUT2D eigenvalue weighted by molar-refractivity contribution is 5.89. The number of nitrogens with one attached hydrogen (secondary N) is 1. The topological polar surface area (TPSA) is 86.7 Å². The van der Waals surface area contributed by atoms with Crippen LogP contribution in [-0.4, -0.2) is 45.9 Å². The first-order valence-corrected chi connectivity index (χ1v) is 6.27. The largest absolute Gasteiger partial charge is 0.480 e. The van der Waals surface area contributed by atoms with Crippen LogP contribution in [0.3, 0.4) is 0 Å². The van der Waals surface area contributed by atoms with Crippen molar-refractivity contribution in [2.75, 3.05) is 6.54 Å². The molecule has 1 atom stereocenters. The molecule has 6 heteroatoms. The van der Waals surface area contributed by atoms with Gasteiger partial charge in [-0.15, -0.1) is 0 Å². The monoisotopic (exact) mass is 272 g/mol. The Kier molecular flexibility index (Phi) is 5.99. The van der Waals surface area contributed by atoms with E-state index in [4.69, 9.17) is 5.11 Å². The van der Waals surface area contributed by atoms with Gasteiger partial charge in [-0.05, 0) is 26.7 Å². The van der Waals surface area contributed by atoms with Gasteiger partial charge in [-0.2, -0.15) is 0 Å². The number of carbonyl (C=O) groups excluding carboxylic acids is 2. The highest BCUT2D eigenvalue weighted by Crippen LogP contribution is 2.17. The third kappa shape index (κ3) is 5.72. The first kappa shape index (κ1) is 17.4. The molecule has 0 aliphatic rings. The van der Waals surface area contributed by atoms with Crippen LogP contribution in [0.15, 0.2) is 0 Å². The van der Waals surface area contributed by atoms with E-state index in [-0.39, 0.29) is 24.3 Å². The van der Waals surface area contributed by atoms with Gasteiger partial charge in [0, 0.05) is 12.5 Å². The first-order chi connectivity index (χ1) is 8.46. The van der Waals surface area contributed by atoms with Crippen LogP contribution in [-0.2, 0) is 14.4 Å². The molecule has 19 heavy (non-hydrogen) atoms. The van der Waals surface area contributed by atoms with Crippen LogP contribution in [0, 0.1) is 5.92 Å². The van der Waals surface area contributed by atoms with Crippen LogP contribution >= 0.6 is 0 Å². The summed E-state index contributed by atoms with van der Waals surface area (Å²) in [6, 6.07) is -0.712. The van der Waals surface area contributed by atoms with Gasteiger partial charge in [0.1, 0.15) is 12.6 Å². The van der Waals surface area contributed by atoms with Gasteiger partial charge in [-0.3, -0.25) is 14.4 Å². The summed E-state index contributed by atoms with van der Waals surface area (Å²) in [5.41, 5.74) is -0.624. The van der Waals surface area contributed by atoms with Crippen LogP contribution in [0.5, 0.6) is 0 Å². The Bertz CT molecular complexity index is 358. The number of carboxylic acids is 1. The maximum absolute atomic E-state index is 12.5. The average Bonchev–Trinajstić information content (AvgIpc) is 2.19. The van der Waals surface area contributed by atoms with Crippen molar-refractivity contribution in [3.8, 4) is 0 Å². The molecule has 0 aromatic rings. The molecule has 0 rings (SSSR count). The average molecular weight is 272 g/mol. The predicted octanol–water partition coefficient (Wildman–Crippen LogP) is 0.859. The smallest absolute Gasteiger partial charge is 0.323 e. The first-order valence-electron chi connectivity index (χ1n) is 6.27. The zero-order valence-corrected chi connectivity index (χ0v) is 12.5. The van der Waals surface area contributed by atoms with Crippen molar-refractivity contribution >= 4 is 17.8 Å². The fourth-order valence-electron chi connectivity index (χ4n) is 1.68. The Morgan fingerprint density at radius 2 is 1.68 bits per heavy atom. The Balaban J connectivity index is 5.24. The molecule has 110 valence electrons. The summed E-state index contributed by atoms with van der Waals surface area (Å²) >= 11 is 0. The molecule has 1 unspecified atom stereocenters. The maximum Gasteiger partial charge on any atom is 0.323 e. The van der Waals surface area contributed by atoms with Crippen LogP contribution in [0.1, 0.15) is 41.5 Å². The molecular formula is C13H24N2O4. The van der Waals surface area contributed by atoms with E-state index in [0.717, 1.165) is 0 Å². The standard InChI is InChI=1S/C13H24N2O4/c1-8(2)11(14-9(3)16)12(19)15(7-10(17)18)13(4,5)6/h8,11H,7H2,1-6H3,(H,14,16)(H,17,18). The summed E-state index contributed by atoms with van der Waals surface area (Å²) in [6.07, 6.45) is 0. The van der Waals surface area contributed by atoms with Crippen molar-refractivity contribution in [1.29, 1.82) is 0 Å². The van der Waals surface area contributed by atoms with E-state index < -0.39 is 17.6 Å². The van der Waals surface area contributed by atoms with Gasteiger partial charge in [0.2, 0.25) is 11.8 Å². The van der Waals surface area contributed by atoms with E-state index in [9.17, 15) is 14.4 Å². The third-order valence-corrected chi connectivity index (χ3v) is 2.66. The molecule has 0 saturated carbocycles. The van der Waals surface area contributed by atoms with E-state index >= 15 is 0 Å². The number of amides is 2. The normalized spacial score (nSPS) is 13.0. The van der Waals surface area contributed by atoms with Crippen molar-refractivity contribution in [2.24, 2.45) is 5.92 Å². The van der Waals surface area contributed by atoms with Crippen LogP contribution < -0.4 is 5.32 Å². The zero-order valence-electron chi connectivity index (χ0n) is 12.5. The molecule has 0 radical (unpaired) electrons. The lowest BCUT2D eigenvalue weighted by atomic mass is 9.98. The minimum absolute atomic E-state index is 0.116. The minimum atomic E-state index is -1.08. The lowest BCUT2D eigenvalue weighted by molar-refractivity contribution is -0.150. The summed E-state index contributed by atoms with van der Waals surface area (Å²) in [6.45, 7) is 9.85. The SMILES string of the molecule is CC(=O)NC(C(=O)N(CC(=O)O)C(C)(C)C)C(C)C. The summed E-state index contributed by atoms with van der Waals surface area (Å²) in [7, 11) is 0. The van der Waals surface area contributed by atoms with E-state index in [1.54, 1.807) is 34.6 Å². The van der Waals surface area contributed by atoms with Crippen LogP contribution in [0.25, 0.3) is 0 Å². The van der Waals surface area contributed by atoms with Gasteiger partial charge in [0.05, 0.1) is 0 Å². The molecule has 0 saturated heterocycles. The predicted molar refractivity (Wildman–Crippen MR) is 71.5 cm³/mol. The Hall–Kier alpha value is -1.59. The molecule has 0 aliphatic heterocycles. The number of carbonyl (C=O) groups is 3. The Morgan fingerprint density at radius 3 is 1.95 bits per heavy atom. The van der Waals surface area contributed by atoms with E-state index in [1.807, 2.05) is 0 Å². The summed E-state index contributed by atoms with van der Waals surface area (Å²) < 4.78 is 0. The highest BCUT2D eigenvalue weighted by Gasteiger charge is 2.34. The van der Waals surface area contributed by atoms with Gasteiger partial charge in [-0.1, -0.05) is 13.8 Å². The molecular weight excluding hydrogens is 248 g/mol. The molecule has 6 nitrogen and oxygen atoms in total. The molecule has 0 bridgehead atoms. The lowest BCUT2D eigenvalue weighted by Crippen LogP contribution is -2.57. The van der Waals surface area contributed by atoms with Gasteiger partial charge in [0.25, 0.3) is 0 Å². The second kappa shape index (κ2) is 6.54. The molecule has 0 fully saturated rings. The van der Waals surface area contributed by atoms with Crippen molar-refractivity contribution in [3.05, 3.63) is 0 Å². The van der Waals surface area contributed by atoms with E-state index in [2.05, 4.69) is 5.32 Å². The number of carboxylic acid groups (broad SMARTS) is 1. The zero-order chi connectivity index (χ0) is 15.4. The number of aliphatic carboxylic acids is 1. The second-order valence-corrected chi connectivity index (χ2v) is 5.91. The molecule has 0 heterocycles. The molecule has 0 aromatic carbocycles. The third-order valence-electron chi connectivity index (χ3n) is 2.66. The lowest BCUT2D eigenvalue weighted by Gasteiger charge is -2.37. The second-order valence-electron chi connectivity index (χ2n) is 5.91. The van der Waals surface area contributed by atoms with Gasteiger partial charge in [-0.25, -0.2) is 0 Å². The van der Waals surface area contributed by atoms with Crippen LogP contribution in [0.2, 0.25) is 0 Å². The fourth-order valence-corrected chi connectivity index (χ4v) is 1.68. The Morgan fingerprint density at radius 1 is 1.21 bits per heavy atom. The van der Waals surface area contributed by atoms with Crippen molar-refractivity contribution < 1.29 is 19.5 Å². The number of hydrogen-bond acceptors (Lipinski definition) is 3.